The Hall–Kier alpha value is 1.07. The monoisotopic (exact) mass is 266 g/mol. The van der Waals surface area contributed by atoms with Crippen molar-refractivity contribution in [1.82, 2.24) is 0 Å². The van der Waals surface area contributed by atoms with E-state index in [0.29, 0.717) is 0 Å². The second-order valence-corrected chi connectivity index (χ2v) is 3.04. The number of hydrogen-bond donors (Lipinski definition) is 0. The largest absolute Gasteiger partial charge is 1.00 e. The molecule has 15 heavy (non-hydrogen) atoms. The minimum Gasteiger partial charge on any atom is -1.00 e. The summed E-state index contributed by atoms with van der Waals surface area (Å²) < 4.78 is 4.78. The fourth-order valence-corrected chi connectivity index (χ4v) is 1.38. The van der Waals surface area contributed by atoms with Crippen molar-refractivity contribution in [3.8, 4) is 5.75 Å². The van der Waals surface area contributed by atoms with Gasteiger partial charge in [0.2, 0.25) is 0 Å². The number of carbonyl (C=O) groups excluding carboxylic acids is 1. The van der Waals surface area contributed by atoms with Crippen molar-refractivity contribution in [3.63, 3.8) is 0 Å². The van der Waals surface area contributed by atoms with Gasteiger partial charge >= 0.3 is 59.1 Å². The van der Waals surface area contributed by atoms with E-state index in [1.165, 1.54) is 19.2 Å². The van der Waals surface area contributed by atoms with Gasteiger partial charge in [-0.3, -0.25) is 0 Å². The summed E-state index contributed by atoms with van der Waals surface area (Å²) in [7, 11) is 1.31. The molecule has 0 saturated heterocycles. The zero-order valence-corrected chi connectivity index (χ0v) is 14.1. The standard InChI is InChI=1S/C8H6Cl2O3.2Na.H/c1-13-7-5(10)3-2-4(9)6(7)8(11)12;;;/h2-3H,1H3,(H,11,12);;;/q;2*+1;-1/p-1. The molecule has 0 atom stereocenters. The number of aromatic carboxylic acids is 1. The van der Waals surface area contributed by atoms with Crippen LogP contribution in [-0.4, -0.2) is 13.1 Å². The molecule has 0 radical (unpaired) electrons. The molecule has 7 heteroatoms. The summed E-state index contributed by atoms with van der Waals surface area (Å²) in [6.07, 6.45) is 0. The number of benzene rings is 1. The molecular weight excluding hydrogens is 261 g/mol. The number of rotatable bonds is 2. The quantitative estimate of drug-likeness (QED) is 0.507. The van der Waals surface area contributed by atoms with Gasteiger partial charge in [-0.05, 0) is 12.1 Å². The molecule has 0 saturated carbocycles. The summed E-state index contributed by atoms with van der Waals surface area (Å²) in [6, 6.07) is 2.83. The maximum absolute atomic E-state index is 10.6. The van der Waals surface area contributed by atoms with Crippen LogP contribution in [0.4, 0.5) is 0 Å². The third kappa shape index (κ3) is 4.44. The minimum absolute atomic E-state index is 0. The molecule has 0 aliphatic heterocycles. The van der Waals surface area contributed by atoms with Crippen molar-refractivity contribution in [2.75, 3.05) is 7.11 Å². The Labute approximate surface area is 143 Å². The normalized spacial score (nSPS) is 8.47. The van der Waals surface area contributed by atoms with Gasteiger partial charge in [-0.1, -0.05) is 23.2 Å². The number of halogens is 2. The minimum atomic E-state index is -1.41. The van der Waals surface area contributed by atoms with E-state index in [4.69, 9.17) is 27.9 Å². The number of methoxy groups -OCH3 is 1. The van der Waals surface area contributed by atoms with Crippen LogP contribution in [0.15, 0.2) is 12.1 Å². The Bertz CT molecular complexity index is 363. The molecule has 1 aromatic rings. The van der Waals surface area contributed by atoms with Gasteiger partial charge in [0.25, 0.3) is 0 Å². The van der Waals surface area contributed by atoms with Crippen LogP contribution in [0.3, 0.4) is 0 Å². The predicted molar refractivity (Wildman–Crippen MR) is 48.5 cm³/mol. The van der Waals surface area contributed by atoms with Crippen LogP contribution < -0.4 is 69.0 Å². The Morgan fingerprint density at radius 2 is 1.80 bits per heavy atom. The SMILES string of the molecule is COc1c(Cl)ccc(Cl)c1C(=O)[O-].[H-].[Na+].[Na+]. The van der Waals surface area contributed by atoms with Crippen molar-refractivity contribution >= 4 is 29.2 Å². The molecule has 0 bridgehead atoms. The molecule has 0 aliphatic carbocycles. The van der Waals surface area contributed by atoms with Gasteiger partial charge in [-0.2, -0.15) is 0 Å². The maximum atomic E-state index is 10.6. The first kappa shape index (κ1) is 18.4. The fraction of sp³-hybridized carbons (Fsp3) is 0.125. The van der Waals surface area contributed by atoms with E-state index in [1.807, 2.05) is 0 Å². The Morgan fingerprint density at radius 1 is 1.33 bits per heavy atom. The third-order valence-electron chi connectivity index (χ3n) is 1.47. The summed E-state index contributed by atoms with van der Waals surface area (Å²) >= 11 is 11.3. The van der Waals surface area contributed by atoms with E-state index in [9.17, 15) is 9.90 Å². The average molecular weight is 267 g/mol. The first-order chi connectivity index (χ1) is 6.07. The van der Waals surface area contributed by atoms with Gasteiger partial charge in [-0.25, -0.2) is 0 Å². The third-order valence-corrected chi connectivity index (χ3v) is 2.08. The molecular formula is C8H6Cl2Na2O3. The Balaban J connectivity index is -0.000000563. The fourth-order valence-electron chi connectivity index (χ4n) is 0.923. The molecule has 0 aromatic heterocycles. The first-order valence-corrected chi connectivity index (χ1v) is 4.07. The van der Waals surface area contributed by atoms with E-state index in [2.05, 4.69) is 0 Å². The van der Waals surface area contributed by atoms with Gasteiger partial charge in [0.05, 0.1) is 28.7 Å². The van der Waals surface area contributed by atoms with Crippen LogP contribution in [0.1, 0.15) is 11.8 Å². The van der Waals surface area contributed by atoms with Gasteiger partial charge < -0.3 is 16.1 Å². The van der Waals surface area contributed by atoms with Crippen molar-refractivity contribution in [2.24, 2.45) is 0 Å². The molecule has 0 unspecified atom stereocenters. The van der Waals surface area contributed by atoms with Crippen LogP contribution in [0.2, 0.25) is 10.0 Å². The maximum Gasteiger partial charge on any atom is 1.00 e. The van der Waals surface area contributed by atoms with Crippen molar-refractivity contribution in [2.45, 2.75) is 0 Å². The van der Waals surface area contributed by atoms with Gasteiger partial charge in [0.15, 0.2) is 0 Å². The summed E-state index contributed by atoms with van der Waals surface area (Å²) in [5, 5.41) is 10.8. The van der Waals surface area contributed by atoms with Gasteiger partial charge in [-0.15, -0.1) is 0 Å². The molecule has 72 valence electrons. The van der Waals surface area contributed by atoms with Crippen molar-refractivity contribution < 1.29 is 75.2 Å². The zero-order valence-electron chi connectivity index (χ0n) is 9.64. The smallest absolute Gasteiger partial charge is 1.00 e. The summed E-state index contributed by atoms with van der Waals surface area (Å²) in [4.78, 5) is 10.6. The number of carboxylic acids is 1. The molecule has 1 aromatic carbocycles. The van der Waals surface area contributed by atoms with E-state index in [0.717, 1.165) is 0 Å². The molecule has 0 N–H and O–H groups in total. The second kappa shape index (κ2) is 8.20. The molecule has 3 nitrogen and oxygen atoms in total. The van der Waals surface area contributed by atoms with E-state index < -0.39 is 5.97 Å². The van der Waals surface area contributed by atoms with Gasteiger partial charge in [0.1, 0.15) is 5.75 Å². The predicted octanol–water partition coefficient (Wildman–Crippen LogP) is -4.51. The van der Waals surface area contributed by atoms with Crippen LogP contribution in [0.5, 0.6) is 5.75 Å². The van der Waals surface area contributed by atoms with E-state index in [1.54, 1.807) is 0 Å². The van der Waals surface area contributed by atoms with E-state index in [-0.39, 0.29) is 81.9 Å². The average Bonchev–Trinajstić information content (AvgIpc) is 2.07. The van der Waals surface area contributed by atoms with E-state index >= 15 is 0 Å². The van der Waals surface area contributed by atoms with Crippen LogP contribution >= 0.6 is 23.2 Å². The number of carboxylic acid groups (broad SMARTS) is 1. The van der Waals surface area contributed by atoms with Crippen LogP contribution in [-0.2, 0) is 0 Å². The molecule has 0 heterocycles. The topological polar surface area (TPSA) is 49.4 Å². The number of ether oxygens (including phenoxy) is 1. The number of hydrogen-bond acceptors (Lipinski definition) is 3. The number of carbonyl (C=O) groups is 1. The van der Waals surface area contributed by atoms with Crippen LogP contribution in [0.25, 0.3) is 0 Å². The van der Waals surface area contributed by atoms with Gasteiger partial charge in [0, 0.05) is 0 Å². The van der Waals surface area contributed by atoms with Crippen molar-refractivity contribution in [3.05, 3.63) is 27.7 Å². The zero-order chi connectivity index (χ0) is 10.0. The molecule has 0 fully saturated rings. The molecule has 1 rings (SSSR count). The Morgan fingerprint density at radius 3 is 2.13 bits per heavy atom. The molecule has 0 spiro atoms. The summed E-state index contributed by atoms with van der Waals surface area (Å²) in [6.45, 7) is 0. The second-order valence-electron chi connectivity index (χ2n) is 2.22. The van der Waals surface area contributed by atoms with Crippen LogP contribution in [0, 0.1) is 0 Å². The molecule has 0 aliphatic rings. The summed E-state index contributed by atoms with van der Waals surface area (Å²) in [5.74, 6) is -1.39. The molecule has 0 amide bonds. The summed E-state index contributed by atoms with van der Waals surface area (Å²) in [5.41, 5.74) is -0.225. The Kier molecular flexibility index (Phi) is 10.1. The first-order valence-electron chi connectivity index (χ1n) is 3.31. The van der Waals surface area contributed by atoms with Crippen molar-refractivity contribution in [1.29, 1.82) is 0 Å².